The summed E-state index contributed by atoms with van der Waals surface area (Å²) >= 11 is 1.46. The summed E-state index contributed by atoms with van der Waals surface area (Å²) in [5.41, 5.74) is 1.23. The molecule has 24 heavy (non-hydrogen) atoms. The van der Waals surface area contributed by atoms with Crippen LogP contribution in [0.25, 0.3) is 10.2 Å². The Hall–Kier alpha value is -1.99. The first kappa shape index (κ1) is 18.4. The van der Waals surface area contributed by atoms with E-state index in [0.717, 1.165) is 10.2 Å². The Morgan fingerprint density at radius 3 is 2.62 bits per heavy atom. The molecule has 1 aromatic heterocycles. The second-order valence-corrected chi connectivity index (χ2v) is 6.09. The number of nitrogens with zero attached hydrogens (tertiary/aromatic N) is 1. The largest absolute Gasteiger partial charge is 0.494 e. The van der Waals surface area contributed by atoms with Gasteiger partial charge in [-0.3, -0.25) is 4.79 Å². The van der Waals surface area contributed by atoms with Gasteiger partial charge < -0.3 is 10.1 Å². The molecule has 0 aliphatic heterocycles. The number of aromatic nitrogens is 1. The van der Waals surface area contributed by atoms with Crippen LogP contribution in [-0.2, 0) is 0 Å². The quantitative estimate of drug-likeness (QED) is 0.619. The van der Waals surface area contributed by atoms with Gasteiger partial charge in [0.25, 0.3) is 0 Å². The minimum atomic E-state index is -0.466. The highest BCUT2D eigenvalue weighted by Crippen LogP contribution is 2.32. The van der Waals surface area contributed by atoms with E-state index in [1.165, 1.54) is 35.6 Å². The number of rotatable bonds is 5. The van der Waals surface area contributed by atoms with Gasteiger partial charge in [-0.15, -0.1) is 17.0 Å². The van der Waals surface area contributed by atoms with Gasteiger partial charge in [0.1, 0.15) is 17.1 Å². The summed E-state index contributed by atoms with van der Waals surface area (Å²) in [4.78, 5) is 16.8. The molecule has 1 N–H and O–H groups in total. The van der Waals surface area contributed by atoms with Crippen molar-refractivity contribution in [3.05, 3.63) is 53.8 Å². The number of methoxy groups -OCH3 is 1. The van der Waals surface area contributed by atoms with Crippen molar-refractivity contribution in [1.29, 1.82) is 0 Å². The molecule has 0 fully saturated rings. The number of carbonyl (C=O) groups excluding carboxylic acids is 1. The first-order chi connectivity index (χ1) is 11.1. The molecule has 3 aromatic rings. The molecule has 1 atom stereocenters. The molecular formula is C17H16BrFN2O2S. The monoisotopic (exact) mass is 410 g/mol. The van der Waals surface area contributed by atoms with E-state index in [9.17, 15) is 9.18 Å². The minimum Gasteiger partial charge on any atom is -0.494 e. The Morgan fingerprint density at radius 1 is 1.25 bits per heavy atom. The first-order valence-corrected chi connectivity index (χ1v) is 7.90. The topological polar surface area (TPSA) is 51.2 Å². The van der Waals surface area contributed by atoms with Gasteiger partial charge in [-0.2, -0.15) is 0 Å². The van der Waals surface area contributed by atoms with Crippen LogP contribution in [0.4, 0.5) is 9.52 Å². The zero-order valence-electron chi connectivity index (χ0n) is 13.1. The van der Waals surface area contributed by atoms with Crippen LogP contribution < -0.4 is 10.1 Å². The maximum absolute atomic E-state index is 12.9. The fourth-order valence-corrected chi connectivity index (χ4v) is 3.24. The van der Waals surface area contributed by atoms with Crippen LogP contribution in [0.2, 0.25) is 0 Å². The van der Waals surface area contributed by atoms with Crippen LogP contribution in [0.3, 0.4) is 0 Å². The van der Waals surface area contributed by atoms with Crippen molar-refractivity contribution in [2.45, 2.75) is 13.0 Å². The summed E-state index contributed by atoms with van der Waals surface area (Å²) in [5, 5.41) is 3.75. The highest BCUT2D eigenvalue weighted by molar-refractivity contribution is 8.93. The third-order valence-electron chi connectivity index (χ3n) is 3.46. The van der Waals surface area contributed by atoms with Crippen molar-refractivity contribution in [2.24, 2.45) is 0 Å². The Kier molecular flexibility index (Phi) is 5.90. The molecule has 0 aliphatic rings. The van der Waals surface area contributed by atoms with Gasteiger partial charge >= 0.3 is 0 Å². The zero-order chi connectivity index (χ0) is 16.4. The fourth-order valence-electron chi connectivity index (χ4n) is 2.26. The first-order valence-electron chi connectivity index (χ1n) is 7.08. The third-order valence-corrected chi connectivity index (χ3v) is 4.42. The molecule has 1 unspecified atom stereocenters. The lowest BCUT2D eigenvalue weighted by atomic mass is 10.1. The van der Waals surface area contributed by atoms with Crippen molar-refractivity contribution in [1.82, 2.24) is 4.98 Å². The van der Waals surface area contributed by atoms with Crippen LogP contribution >= 0.6 is 28.3 Å². The molecule has 0 saturated carbocycles. The fraction of sp³-hybridized carbons (Fsp3) is 0.176. The lowest BCUT2D eigenvalue weighted by molar-refractivity contribution is 0.0975. The van der Waals surface area contributed by atoms with Crippen molar-refractivity contribution < 1.29 is 13.9 Å². The summed E-state index contributed by atoms with van der Waals surface area (Å²) in [5.74, 6) is 0.223. The lowest BCUT2D eigenvalue weighted by Crippen LogP contribution is -2.26. The number of thiazole rings is 1. The predicted octanol–water partition coefficient (Wildman–Crippen LogP) is 4.71. The summed E-state index contributed by atoms with van der Waals surface area (Å²) in [6.07, 6.45) is 0. The van der Waals surface area contributed by atoms with Crippen LogP contribution in [0.1, 0.15) is 17.3 Å². The maximum atomic E-state index is 12.9. The van der Waals surface area contributed by atoms with E-state index in [4.69, 9.17) is 4.74 Å². The van der Waals surface area contributed by atoms with Crippen molar-refractivity contribution in [3.63, 3.8) is 0 Å². The Bertz CT molecular complexity index is 851. The molecule has 7 heteroatoms. The molecule has 0 amide bonds. The average molecular weight is 411 g/mol. The third kappa shape index (κ3) is 3.73. The van der Waals surface area contributed by atoms with E-state index >= 15 is 0 Å². The number of fused-ring (bicyclic) bond motifs is 1. The standard InChI is InChI=1S/C17H15FN2O2S.BrH/c1-10(16(21)11-6-8-12(18)9-7-11)19-17-20-15-13(22-2)4-3-5-14(15)23-17;/h3-10H,1-2H3,(H,19,20);1H. The van der Waals surface area contributed by atoms with Gasteiger partial charge in [0, 0.05) is 5.56 Å². The number of nitrogens with one attached hydrogen (secondary N) is 1. The number of carbonyl (C=O) groups is 1. The van der Waals surface area contributed by atoms with E-state index < -0.39 is 6.04 Å². The molecule has 1 heterocycles. The van der Waals surface area contributed by atoms with E-state index in [1.807, 2.05) is 18.2 Å². The van der Waals surface area contributed by atoms with E-state index in [2.05, 4.69) is 10.3 Å². The Balaban J connectivity index is 0.00000208. The summed E-state index contributed by atoms with van der Waals surface area (Å²) in [6, 6.07) is 10.8. The number of Topliss-reactive ketones (excluding diaryl/α,β-unsaturated/α-hetero) is 1. The maximum Gasteiger partial charge on any atom is 0.184 e. The summed E-state index contributed by atoms with van der Waals surface area (Å²) < 4.78 is 19.2. The number of anilines is 1. The summed E-state index contributed by atoms with van der Waals surface area (Å²) in [6.45, 7) is 1.76. The zero-order valence-corrected chi connectivity index (χ0v) is 15.6. The van der Waals surface area contributed by atoms with Gasteiger partial charge in [-0.25, -0.2) is 9.37 Å². The normalized spacial score (nSPS) is 11.6. The van der Waals surface area contributed by atoms with Crippen LogP contribution in [0, 0.1) is 5.82 Å². The average Bonchev–Trinajstić information content (AvgIpc) is 2.97. The van der Waals surface area contributed by atoms with E-state index in [0.29, 0.717) is 16.4 Å². The SMILES string of the molecule is Br.COc1cccc2sc(NC(C)C(=O)c3ccc(F)cc3)nc12. The van der Waals surface area contributed by atoms with Gasteiger partial charge in [-0.1, -0.05) is 17.4 Å². The number of hydrogen-bond acceptors (Lipinski definition) is 5. The molecule has 0 aliphatic carbocycles. The number of para-hydroxylation sites is 1. The highest BCUT2D eigenvalue weighted by atomic mass is 79.9. The minimum absolute atomic E-state index is 0. The van der Waals surface area contributed by atoms with Crippen molar-refractivity contribution in [2.75, 3.05) is 12.4 Å². The Morgan fingerprint density at radius 2 is 1.96 bits per heavy atom. The molecular weight excluding hydrogens is 395 g/mol. The molecule has 0 spiro atoms. The second-order valence-electron chi connectivity index (χ2n) is 5.06. The van der Waals surface area contributed by atoms with Crippen molar-refractivity contribution in [3.8, 4) is 5.75 Å². The Labute approximate surface area is 153 Å². The van der Waals surface area contributed by atoms with E-state index in [1.54, 1.807) is 14.0 Å². The number of ketones is 1. The molecule has 0 bridgehead atoms. The van der Waals surface area contributed by atoms with E-state index in [-0.39, 0.29) is 28.6 Å². The molecule has 4 nitrogen and oxygen atoms in total. The summed E-state index contributed by atoms with van der Waals surface area (Å²) in [7, 11) is 1.60. The molecule has 0 radical (unpaired) electrons. The number of halogens is 2. The van der Waals surface area contributed by atoms with Gasteiger partial charge in [0.05, 0.1) is 17.9 Å². The number of benzene rings is 2. The van der Waals surface area contributed by atoms with Crippen molar-refractivity contribution >= 4 is 49.4 Å². The highest BCUT2D eigenvalue weighted by Gasteiger charge is 2.17. The smallest absolute Gasteiger partial charge is 0.184 e. The molecule has 3 rings (SSSR count). The number of hydrogen-bond donors (Lipinski definition) is 1. The molecule has 126 valence electrons. The number of ether oxygens (including phenoxy) is 1. The lowest BCUT2D eigenvalue weighted by Gasteiger charge is -2.11. The van der Waals surface area contributed by atoms with Crippen LogP contribution in [-0.4, -0.2) is 23.9 Å². The van der Waals surface area contributed by atoms with Crippen LogP contribution in [0.5, 0.6) is 5.75 Å². The van der Waals surface area contributed by atoms with Gasteiger partial charge in [0.2, 0.25) is 0 Å². The van der Waals surface area contributed by atoms with Gasteiger partial charge in [0.15, 0.2) is 10.9 Å². The molecule has 0 saturated heterocycles. The molecule has 2 aromatic carbocycles. The van der Waals surface area contributed by atoms with Crippen LogP contribution in [0.15, 0.2) is 42.5 Å². The van der Waals surface area contributed by atoms with Gasteiger partial charge in [-0.05, 0) is 43.3 Å². The predicted molar refractivity (Wildman–Crippen MR) is 100 cm³/mol. The second kappa shape index (κ2) is 7.72.